The van der Waals surface area contributed by atoms with E-state index in [1.807, 2.05) is 0 Å². The third-order valence-electron chi connectivity index (χ3n) is 10.8. The molecule has 1 atom stereocenters. The minimum Gasteiger partial charge on any atom is -0.462 e. The summed E-state index contributed by atoms with van der Waals surface area (Å²) in [5, 5.41) is 0. The van der Waals surface area contributed by atoms with Crippen LogP contribution in [-0.4, -0.2) is 37.2 Å². The Kier molecular flexibility index (Phi) is 52.6. The second kappa shape index (κ2) is 56.6. The normalized spacial score (nSPS) is 13.4. The van der Waals surface area contributed by atoms with Crippen molar-refractivity contribution in [1.82, 2.24) is 0 Å². The van der Waals surface area contributed by atoms with E-state index in [0.717, 1.165) is 148 Å². The lowest BCUT2D eigenvalue weighted by Crippen LogP contribution is -2.30. The first-order valence-corrected chi connectivity index (χ1v) is 27.5. The number of ether oxygens (including phenoxy) is 3. The first kappa shape index (κ1) is 65.0. The summed E-state index contributed by atoms with van der Waals surface area (Å²) in [6, 6.07) is 0. The molecule has 390 valence electrons. The van der Waals surface area contributed by atoms with Crippen molar-refractivity contribution in [2.24, 2.45) is 0 Å². The molecule has 0 aromatic rings. The number of rotatable bonds is 47. The van der Waals surface area contributed by atoms with Crippen LogP contribution in [0.25, 0.3) is 0 Å². The molecule has 0 aliphatic rings. The monoisotopic (exact) mass is 963 g/mol. The summed E-state index contributed by atoms with van der Waals surface area (Å²) < 4.78 is 16.8. The van der Waals surface area contributed by atoms with Crippen molar-refractivity contribution in [3.05, 3.63) is 158 Å². The predicted molar refractivity (Wildman–Crippen MR) is 302 cm³/mol. The standard InChI is InChI=1S/C64H98O6/c1-4-7-10-13-16-19-22-25-28-31-32-34-36-39-42-45-48-51-54-57-63(66)69-60-61(59-68-62(65)56-53-50-47-44-41-38-35-30-27-24-21-18-15-12-9-6-3)70-64(67)58-55-52-49-46-43-40-37-33-29-26-23-20-17-14-11-8-5-2/h7-12,16-21,25-30,32,34,37,39-40,42,46,49,61H,4-6,13-15,22-24,31,33,35-36,38,41,43-45,47-48,50-60H2,1-3H3/b10-7-,11-8-,12-9-,19-16-,20-17-,21-18-,28-25-,29-26-,30-27-,34-32-,40-37-,42-39-,49-46-. The fraction of sp³-hybridized carbons (Fsp3) is 0.547. The summed E-state index contributed by atoms with van der Waals surface area (Å²) in [6.07, 6.45) is 82.3. The number of carbonyl (C=O) groups excluding carboxylic acids is 3. The van der Waals surface area contributed by atoms with Gasteiger partial charge in [-0.25, -0.2) is 0 Å². The highest BCUT2D eigenvalue weighted by atomic mass is 16.6. The molecule has 0 fully saturated rings. The molecule has 6 heteroatoms. The molecule has 0 aromatic heterocycles. The van der Waals surface area contributed by atoms with Crippen molar-refractivity contribution in [2.75, 3.05) is 13.2 Å². The van der Waals surface area contributed by atoms with E-state index in [0.29, 0.717) is 19.3 Å². The van der Waals surface area contributed by atoms with Crippen LogP contribution in [0, 0.1) is 0 Å². The first-order chi connectivity index (χ1) is 34.5. The van der Waals surface area contributed by atoms with Crippen LogP contribution in [0.1, 0.15) is 207 Å². The molecule has 6 nitrogen and oxygen atoms in total. The summed E-state index contributed by atoms with van der Waals surface area (Å²) in [4.78, 5) is 38.1. The van der Waals surface area contributed by atoms with Crippen molar-refractivity contribution >= 4 is 17.9 Å². The Morgan fingerprint density at radius 1 is 0.286 bits per heavy atom. The molecule has 0 radical (unpaired) electrons. The van der Waals surface area contributed by atoms with Gasteiger partial charge in [0.25, 0.3) is 0 Å². The zero-order valence-electron chi connectivity index (χ0n) is 44.5. The molecule has 0 aliphatic heterocycles. The second-order valence-corrected chi connectivity index (χ2v) is 17.3. The van der Waals surface area contributed by atoms with Gasteiger partial charge in [-0.2, -0.15) is 0 Å². The summed E-state index contributed by atoms with van der Waals surface area (Å²) >= 11 is 0. The Morgan fingerprint density at radius 3 is 0.857 bits per heavy atom. The van der Waals surface area contributed by atoms with E-state index in [9.17, 15) is 14.4 Å². The fourth-order valence-electron chi connectivity index (χ4n) is 6.75. The lowest BCUT2D eigenvalue weighted by Gasteiger charge is -2.18. The highest BCUT2D eigenvalue weighted by molar-refractivity contribution is 5.71. The average Bonchev–Trinajstić information content (AvgIpc) is 3.36. The van der Waals surface area contributed by atoms with Gasteiger partial charge in [0.15, 0.2) is 6.10 Å². The zero-order chi connectivity index (χ0) is 50.7. The molecule has 0 amide bonds. The summed E-state index contributed by atoms with van der Waals surface area (Å²) in [5.74, 6) is -1.04. The number of allylic oxidation sites excluding steroid dienone is 26. The first-order valence-electron chi connectivity index (χ1n) is 27.5. The Bertz CT molecular complexity index is 1620. The fourth-order valence-corrected chi connectivity index (χ4v) is 6.75. The van der Waals surface area contributed by atoms with Gasteiger partial charge in [0.05, 0.1) is 0 Å². The van der Waals surface area contributed by atoms with Crippen LogP contribution >= 0.6 is 0 Å². The molecule has 0 heterocycles. The van der Waals surface area contributed by atoms with E-state index in [1.165, 1.54) is 12.8 Å². The van der Waals surface area contributed by atoms with Gasteiger partial charge >= 0.3 is 17.9 Å². The van der Waals surface area contributed by atoms with Crippen LogP contribution in [-0.2, 0) is 28.6 Å². The van der Waals surface area contributed by atoms with Crippen LogP contribution in [0.15, 0.2) is 158 Å². The molecule has 1 unspecified atom stereocenters. The van der Waals surface area contributed by atoms with E-state index in [1.54, 1.807) is 0 Å². The summed E-state index contributed by atoms with van der Waals surface area (Å²) in [6.45, 7) is 6.19. The third-order valence-corrected chi connectivity index (χ3v) is 10.8. The Labute approximate surface area is 429 Å². The highest BCUT2D eigenvalue weighted by Crippen LogP contribution is 2.12. The maximum atomic E-state index is 12.8. The van der Waals surface area contributed by atoms with Crippen molar-refractivity contribution in [3.63, 3.8) is 0 Å². The van der Waals surface area contributed by atoms with Crippen molar-refractivity contribution < 1.29 is 28.6 Å². The maximum absolute atomic E-state index is 12.8. The Balaban J connectivity index is 4.60. The van der Waals surface area contributed by atoms with Crippen LogP contribution in [0.5, 0.6) is 0 Å². The smallest absolute Gasteiger partial charge is 0.306 e. The summed E-state index contributed by atoms with van der Waals surface area (Å²) in [5.41, 5.74) is 0. The quantitative estimate of drug-likeness (QED) is 0.0262. The van der Waals surface area contributed by atoms with Crippen LogP contribution in [0.4, 0.5) is 0 Å². The van der Waals surface area contributed by atoms with Gasteiger partial charge < -0.3 is 14.2 Å². The van der Waals surface area contributed by atoms with Crippen molar-refractivity contribution in [1.29, 1.82) is 0 Å². The Morgan fingerprint density at radius 2 is 0.529 bits per heavy atom. The number of hydrogen-bond acceptors (Lipinski definition) is 6. The molecule has 0 bridgehead atoms. The lowest BCUT2D eigenvalue weighted by molar-refractivity contribution is -0.167. The molecule has 0 rings (SSSR count). The topological polar surface area (TPSA) is 78.9 Å². The van der Waals surface area contributed by atoms with Gasteiger partial charge in [-0.1, -0.05) is 211 Å². The predicted octanol–water partition coefficient (Wildman–Crippen LogP) is 18.6. The van der Waals surface area contributed by atoms with Crippen LogP contribution in [0.3, 0.4) is 0 Å². The number of unbranched alkanes of at least 4 members (excludes halogenated alkanes) is 10. The molecule has 0 N–H and O–H groups in total. The number of esters is 3. The van der Waals surface area contributed by atoms with Gasteiger partial charge in [0, 0.05) is 19.3 Å². The lowest BCUT2D eigenvalue weighted by atomic mass is 10.1. The number of hydrogen-bond donors (Lipinski definition) is 0. The summed E-state index contributed by atoms with van der Waals surface area (Å²) in [7, 11) is 0. The highest BCUT2D eigenvalue weighted by Gasteiger charge is 2.19. The van der Waals surface area contributed by atoms with Gasteiger partial charge in [-0.05, 0) is 135 Å². The molecular formula is C64H98O6. The van der Waals surface area contributed by atoms with E-state index in [4.69, 9.17) is 14.2 Å². The van der Waals surface area contributed by atoms with Crippen LogP contribution in [0.2, 0.25) is 0 Å². The Hall–Kier alpha value is -4.97. The van der Waals surface area contributed by atoms with E-state index >= 15 is 0 Å². The molecule has 0 saturated heterocycles. The van der Waals surface area contributed by atoms with Gasteiger partial charge in [-0.3, -0.25) is 14.4 Å². The molecule has 0 aliphatic carbocycles. The minimum atomic E-state index is -0.836. The number of carbonyl (C=O) groups is 3. The molecule has 70 heavy (non-hydrogen) atoms. The zero-order valence-corrected chi connectivity index (χ0v) is 44.5. The van der Waals surface area contributed by atoms with Gasteiger partial charge in [-0.15, -0.1) is 0 Å². The largest absolute Gasteiger partial charge is 0.462 e. The van der Waals surface area contributed by atoms with Gasteiger partial charge in [0.2, 0.25) is 0 Å². The van der Waals surface area contributed by atoms with E-state index in [2.05, 4.69) is 179 Å². The van der Waals surface area contributed by atoms with E-state index in [-0.39, 0.29) is 37.5 Å². The van der Waals surface area contributed by atoms with Crippen molar-refractivity contribution in [3.8, 4) is 0 Å². The van der Waals surface area contributed by atoms with E-state index < -0.39 is 6.10 Å². The maximum Gasteiger partial charge on any atom is 0.306 e. The average molecular weight is 963 g/mol. The minimum absolute atomic E-state index is 0.126. The van der Waals surface area contributed by atoms with Crippen LogP contribution < -0.4 is 0 Å². The molecule has 0 aromatic carbocycles. The van der Waals surface area contributed by atoms with Crippen molar-refractivity contribution in [2.45, 2.75) is 213 Å². The SMILES string of the molecule is CC/C=C\C/C=C\C/C=C\C/C=C\C/C=C\CCCCCC(=O)OCC(COC(=O)CCCCCCCC/C=C\C/C=C\C/C=C\CC)OC(=O)CCC/C=C\C/C=C\C/C=C\C/C=C\C/C=C\CC. The molecule has 0 saturated carbocycles. The second-order valence-electron chi connectivity index (χ2n) is 17.3. The molecule has 0 spiro atoms. The van der Waals surface area contributed by atoms with Gasteiger partial charge in [0.1, 0.15) is 13.2 Å². The molecular weight excluding hydrogens is 865 g/mol. The third kappa shape index (κ3) is 54.0.